The van der Waals surface area contributed by atoms with Gasteiger partial charge in [0, 0.05) is 37.6 Å². The largest absolute Gasteiger partial charge is 0.362 e. The van der Waals surface area contributed by atoms with Crippen molar-refractivity contribution in [2.75, 3.05) is 37.4 Å². The average Bonchev–Trinajstić information content (AvgIpc) is 2.98. The van der Waals surface area contributed by atoms with E-state index < -0.39 is 0 Å². The van der Waals surface area contributed by atoms with E-state index in [0.29, 0.717) is 17.8 Å². The molecule has 1 heterocycles. The van der Waals surface area contributed by atoms with Gasteiger partial charge in [0.05, 0.1) is 6.54 Å². The van der Waals surface area contributed by atoms with E-state index in [2.05, 4.69) is 22.3 Å². The van der Waals surface area contributed by atoms with Crippen molar-refractivity contribution in [1.29, 1.82) is 0 Å². The quantitative estimate of drug-likeness (QED) is 0.940. The lowest BCUT2D eigenvalue weighted by Gasteiger charge is -2.18. The van der Waals surface area contributed by atoms with Crippen LogP contribution in [0.5, 0.6) is 0 Å². The zero-order valence-corrected chi connectivity index (χ0v) is 14.0. The van der Waals surface area contributed by atoms with Gasteiger partial charge in [0.25, 0.3) is 5.91 Å². The van der Waals surface area contributed by atoms with Crippen LogP contribution in [-0.4, -0.2) is 43.9 Å². The van der Waals surface area contributed by atoms with E-state index in [-0.39, 0.29) is 11.8 Å². The van der Waals surface area contributed by atoms with Crippen LogP contribution < -0.4 is 10.2 Å². The molecule has 1 aliphatic heterocycles. The lowest BCUT2D eigenvalue weighted by molar-refractivity contribution is -0.115. The Kier molecular flexibility index (Phi) is 4.51. The maximum absolute atomic E-state index is 12.3. The molecule has 124 valence electrons. The molecule has 0 fully saturated rings. The highest BCUT2D eigenvalue weighted by molar-refractivity contribution is 5.96. The predicted molar refractivity (Wildman–Crippen MR) is 95.4 cm³/mol. The molecule has 24 heavy (non-hydrogen) atoms. The maximum atomic E-state index is 12.3. The Morgan fingerprint density at radius 3 is 2.50 bits per heavy atom. The summed E-state index contributed by atoms with van der Waals surface area (Å²) < 4.78 is 0. The van der Waals surface area contributed by atoms with Crippen molar-refractivity contribution < 1.29 is 9.59 Å². The molecule has 0 aromatic heterocycles. The second-order valence-corrected chi connectivity index (χ2v) is 6.13. The van der Waals surface area contributed by atoms with E-state index >= 15 is 0 Å². The summed E-state index contributed by atoms with van der Waals surface area (Å²) in [6.07, 6.45) is 0.977. The van der Waals surface area contributed by atoms with E-state index in [1.165, 1.54) is 10.5 Å². The van der Waals surface area contributed by atoms with Gasteiger partial charge >= 0.3 is 0 Å². The monoisotopic (exact) mass is 323 g/mol. The van der Waals surface area contributed by atoms with Crippen LogP contribution in [0.2, 0.25) is 0 Å². The molecule has 0 unspecified atom stereocenters. The second kappa shape index (κ2) is 6.74. The minimum absolute atomic E-state index is 0.0541. The third-order valence-electron chi connectivity index (χ3n) is 4.14. The minimum Gasteiger partial charge on any atom is -0.362 e. The number of hydrogen-bond acceptors (Lipinski definition) is 3. The van der Waals surface area contributed by atoms with Crippen molar-refractivity contribution in [1.82, 2.24) is 4.90 Å². The predicted octanol–water partition coefficient (Wildman–Crippen LogP) is 2.39. The zero-order chi connectivity index (χ0) is 17.1. The van der Waals surface area contributed by atoms with Crippen molar-refractivity contribution in [3.05, 3.63) is 59.7 Å². The first kappa shape index (κ1) is 16.1. The standard InChI is InChI=1S/C19H21N3O2/c1-21(2)19(24)15-7-9-16(10-8-15)20-18(23)13-22-12-11-14-5-3-4-6-17(14)22/h3-10H,11-13H2,1-2H3,(H,20,23). The summed E-state index contributed by atoms with van der Waals surface area (Å²) in [6.45, 7) is 1.19. The topological polar surface area (TPSA) is 52.7 Å². The second-order valence-electron chi connectivity index (χ2n) is 6.13. The highest BCUT2D eigenvalue weighted by Gasteiger charge is 2.20. The third-order valence-corrected chi connectivity index (χ3v) is 4.14. The normalized spacial score (nSPS) is 12.7. The molecule has 3 rings (SSSR count). The molecule has 2 aromatic rings. The number of benzene rings is 2. The Balaban J connectivity index is 1.61. The van der Waals surface area contributed by atoms with Gasteiger partial charge in [0.2, 0.25) is 5.91 Å². The first-order valence-corrected chi connectivity index (χ1v) is 7.99. The highest BCUT2D eigenvalue weighted by Crippen LogP contribution is 2.27. The SMILES string of the molecule is CN(C)C(=O)c1ccc(NC(=O)CN2CCc3ccccc32)cc1. The lowest BCUT2D eigenvalue weighted by Crippen LogP contribution is -2.31. The van der Waals surface area contributed by atoms with Gasteiger partial charge in [-0.2, -0.15) is 0 Å². The number of amides is 2. The Morgan fingerprint density at radius 2 is 1.79 bits per heavy atom. The summed E-state index contributed by atoms with van der Waals surface area (Å²) in [5, 5.41) is 2.89. The fraction of sp³-hybridized carbons (Fsp3) is 0.263. The fourth-order valence-electron chi connectivity index (χ4n) is 2.90. The molecule has 5 heteroatoms. The van der Waals surface area contributed by atoms with Gasteiger partial charge in [-0.05, 0) is 42.3 Å². The number of carbonyl (C=O) groups is 2. The molecule has 0 saturated carbocycles. The van der Waals surface area contributed by atoms with Gasteiger partial charge in [-0.25, -0.2) is 0 Å². The molecule has 2 aromatic carbocycles. The minimum atomic E-state index is -0.0570. The van der Waals surface area contributed by atoms with Gasteiger partial charge in [-0.1, -0.05) is 18.2 Å². The number of carbonyl (C=O) groups excluding carboxylic acids is 2. The number of nitrogens with one attached hydrogen (secondary N) is 1. The Bertz CT molecular complexity index is 753. The van der Waals surface area contributed by atoms with Crippen LogP contribution in [0.4, 0.5) is 11.4 Å². The van der Waals surface area contributed by atoms with Crippen LogP contribution >= 0.6 is 0 Å². The maximum Gasteiger partial charge on any atom is 0.253 e. The average molecular weight is 323 g/mol. The Morgan fingerprint density at radius 1 is 1.08 bits per heavy atom. The van der Waals surface area contributed by atoms with Gasteiger partial charge in [-0.3, -0.25) is 9.59 Å². The highest BCUT2D eigenvalue weighted by atomic mass is 16.2. The van der Waals surface area contributed by atoms with Crippen LogP contribution in [0.25, 0.3) is 0 Å². The molecule has 0 atom stereocenters. The molecule has 1 N–H and O–H groups in total. The van der Waals surface area contributed by atoms with Crippen LogP contribution in [-0.2, 0) is 11.2 Å². The third kappa shape index (κ3) is 3.40. The van der Waals surface area contributed by atoms with Gasteiger partial charge < -0.3 is 15.1 Å². The zero-order valence-electron chi connectivity index (χ0n) is 14.0. The number of nitrogens with zero attached hydrogens (tertiary/aromatic N) is 2. The van der Waals surface area contributed by atoms with Crippen LogP contribution in [0.15, 0.2) is 48.5 Å². The number of anilines is 2. The van der Waals surface area contributed by atoms with Crippen LogP contribution in [0.1, 0.15) is 15.9 Å². The van der Waals surface area contributed by atoms with E-state index in [9.17, 15) is 9.59 Å². The molecule has 1 aliphatic rings. The van der Waals surface area contributed by atoms with Gasteiger partial charge in [0.1, 0.15) is 0 Å². The van der Waals surface area contributed by atoms with Gasteiger partial charge in [-0.15, -0.1) is 0 Å². The Hall–Kier alpha value is -2.82. The first-order chi connectivity index (χ1) is 11.5. The smallest absolute Gasteiger partial charge is 0.253 e. The lowest BCUT2D eigenvalue weighted by atomic mass is 10.2. The van der Waals surface area contributed by atoms with Crippen molar-refractivity contribution in [3.8, 4) is 0 Å². The number of para-hydroxylation sites is 1. The fourth-order valence-corrected chi connectivity index (χ4v) is 2.90. The molecule has 0 saturated heterocycles. The van der Waals surface area contributed by atoms with E-state index in [4.69, 9.17) is 0 Å². The summed E-state index contributed by atoms with van der Waals surface area (Å²) >= 11 is 0. The summed E-state index contributed by atoms with van der Waals surface area (Å²) in [6, 6.07) is 15.1. The number of fused-ring (bicyclic) bond motifs is 1. The molecule has 0 bridgehead atoms. The molecule has 5 nitrogen and oxygen atoms in total. The number of rotatable bonds is 4. The summed E-state index contributed by atoms with van der Waals surface area (Å²) in [4.78, 5) is 27.8. The van der Waals surface area contributed by atoms with Crippen molar-refractivity contribution in [3.63, 3.8) is 0 Å². The molecule has 2 amide bonds. The summed E-state index contributed by atoms with van der Waals surface area (Å²) in [5.41, 5.74) is 3.73. The Labute approximate surface area is 141 Å². The van der Waals surface area contributed by atoms with E-state index in [1.54, 1.807) is 38.4 Å². The van der Waals surface area contributed by atoms with Crippen molar-refractivity contribution in [2.24, 2.45) is 0 Å². The molecule has 0 radical (unpaired) electrons. The van der Waals surface area contributed by atoms with E-state index in [1.807, 2.05) is 12.1 Å². The van der Waals surface area contributed by atoms with Gasteiger partial charge in [0.15, 0.2) is 0 Å². The van der Waals surface area contributed by atoms with Crippen molar-refractivity contribution >= 4 is 23.2 Å². The first-order valence-electron chi connectivity index (χ1n) is 7.99. The molecular weight excluding hydrogens is 302 g/mol. The summed E-state index contributed by atoms with van der Waals surface area (Å²) in [5.74, 6) is -0.111. The molecular formula is C19H21N3O2. The van der Waals surface area contributed by atoms with Crippen molar-refractivity contribution in [2.45, 2.75) is 6.42 Å². The van der Waals surface area contributed by atoms with Crippen LogP contribution in [0, 0.1) is 0 Å². The van der Waals surface area contributed by atoms with Crippen LogP contribution in [0.3, 0.4) is 0 Å². The van der Waals surface area contributed by atoms with E-state index in [0.717, 1.165) is 18.7 Å². The molecule has 0 spiro atoms. The molecule has 0 aliphatic carbocycles. The summed E-state index contributed by atoms with van der Waals surface area (Å²) in [7, 11) is 3.43. The number of hydrogen-bond donors (Lipinski definition) is 1.